The maximum absolute atomic E-state index is 12.0. The molecule has 1 unspecified atom stereocenters. The van der Waals surface area contributed by atoms with Gasteiger partial charge < -0.3 is 5.11 Å². The van der Waals surface area contributed by atoms with Gasteiger partial charge >= 0.3 is 0 Å². The Bertz CT molecular complexity index is 372. The monoisotopic (exact) mass is 232 g/mol. The van der Waals surface area contributed by atoms with Crippen LogP contribution in [0.4, 0.5) is 0 Å². The highest BCUT2D eigenvalue weighted by molar-refractivity contribution is 5.87. The van der Waals surface area contributed by atoms with Crippen molar-refractivity contribution in [3.63, 3.8) is 0 Å². The van der Waals surface area contributed by atoms with Crippen molar-refractivity contribution in [2.75, 3.05) is 0 Å². The van der Waals surface area contributed by atoms with Gasteiger partial charge in [0.15, 0.2) is 5.78 Å². The molecule has 17 heavy (non-hydrogen) atoms. The minimum absolute atomic E-state index is 0.0288. The van der Waals surface area contributed by atoms with Crippen LogP contribution >= 0.6 is 0 Å². The molecule has 0 aliphatic heterocycles. The van der Waals surface area contributed by atoms with E-state index in [4.69, 9.17) is 0 Å². The number of hydrogen-bond donors (Lipinski definition) is 1. The lowest BCUT2D eigenvalue weighted by Crippen LogP contribution is -2.41. The topological polar surface area (TPSA) is 37.3 Å². The predicted octanol–water partition coefficient (Wildman–Crippen LogP) is 2.88. The van der Waals surface area contributed by atoms with Crippen LogP contribution in [0.3, 0.4) is 0 Å². The summed E-state index contributed by atoms with van der Waals surface area (Å²) in [6.07, 6.45) is 5.74. The first kappa shape index (κ1) is 12.3. The molecule has 0 aromatic heterocycles. The third-order valence-corrected chi connectivity index (χ3v) is 3.60. The van der Waals surface area contributed by atoms with Crippen LogP contribution in [0.2, 0.25) is 0 Å². The van der Waals surface area contributed by atoms with E-state index in [1.807, 2.05) is 30.3 Å². The normalized spacial score (nSPS) is 26.3. The van der Waals surface area contributed by atoms with Crippen LogP contribution in [0.15, 0.2) is 30.3 Å². The lowest BCUT2D eigenvalue weighted by atomic mass is 9.81. The van der Waals surface area contributed by atoms with E-state index in [0.717, 1.165) is 31.2 Å². The first-order chi connectivity index (χ1) is 8.21. The zero-order valence-electron chi connectivity index (χ0n) is 10.2. The summed E-state index contributed by atoms with van der Waals surface area (Å²) in [6.45, 7) is 0. The van der Waals surface area contributed by atoms with Gasteiger partial charge in [0.25, 0.3) is 0 Å². The Balaban J connectivity index is 2.11. The minimum Gasteiger partial charge on any atom is -0.382 e. The quantitative estimate of drug-likeness (QED) is 0.851. The van der Waals surface area contributed by atoms with E-state index in [-0.39, 0.29) is 5.78 Å². The Morgan fingerprint density at radius 1 is 1.06 bits per heavy atom. The Hall–Kier alpha value is -1.15. The number of aliphatic hydroxyl groups is 1. The van der Waals surface area contributed by atoms with Crippen LogP contribution < -0.4 is 0 Å². The standard InChI is InChI=1S/C15H20O2/c16-14-10-6-1-2-7-11-15(14,17)12-13-8-4-3-5-9-13/h3-5,8-9,17H,1-2,6-7,10-12H2. The first-order valence-corrected chi connectivity index (χ1v) is 6.50. The van der Waals surface area contributed by atoms with E-state index in [2.05, 4.69) is 0 Å². The van der Waals surface area contributed by atoms with Crippen molar-refractivity contribution in [3.8, 4) is 0 Å². The molecular weight excluding hydrogens is 212 g/mol. The molecule has 1 aromatic carbocycles. The van der Waals surface area contributed by atoms with Gasteiger partial charge in [-0.1, -0.05) is 49.6 Å². The summed E-state index contributed by atoms with van der Waals surface area (Å²) in [5, 5.41) is 10.5. The van der Waals surface area contributed by atoms with Crippen LogP contribution in [0, 0.1) is 0 Å². The third kappa shape index (κ3) is 3.16. The zero-order valence-corrected chi connectivity index (χ0v) is 10.2. The molecule has 0 amide bonds. The molecule has 0 spiro atoms. The van der Waals surface area contributed by atoms with Crippen molar-refractivity contribution in [3.05, 3.63) is 35.9 Å². The predicted molar refractivity (Wildman–Crippen MR) is 67.8 cm³/mol. The second-order valence-electron chi connectivity index (χ2n) is 5.03. The summed E-state index contributed by atoms with van der Waals surface area (Å²) in [7, 11) is 0. The van der Waals surface area contributed by atoms with Crippen molar-refractivity contribution in [2.24, 2.45) is 0 Å². The number of ketones is 1. The molecule has 0 saturated heterocycles. The van der Waals surface area contributed by atoms with Gasteiger partial charge in [-0.25, -0.2) is 0 Å². The van der Waals surface area contributed by atoms with Gasteiger partial charge in [-0.15, -0.1) is 0 Å². The number of carbonyl (C=O) groups is 1. The fraction of sp³-hybridized carbons (Fsp3) is 0.533. The fourth-order valence-corrected chi connectivity index (χ4v) is 2.55. The van der Waals surface area contributed by atoms with E-state index in [1.54, 1.807) is 0 Å². The average Bonchev–Trinajstić information content (AvgIpc) is 2.33. The van der Waals surface area contributed by atoms with E-state index < -0.39 is 5.60 Å². The van der Waals surface area contributed by atoms with Gasteiger partial charge in [0.1, 0.15) is 5.60 Å². The number of Topliss-reactive ketones (excluding diaryl/α,β-unsaturated/α-hetero) is 1. The summed E-state index contributed by atoms with van der Waals surface area (Å²) in [6, 6.07) is 9.81. The first-order valence-electron chi connectivity index (χ1n) is 6.50. The van der Waals surface area contributed by atoms with Crippen molar-refractivity contribution >= 4 is 5.78 Å². The largest absolute Gasteiger partial charge is 0.382 e. The van der Waals surface area contributed by atoms with Crippen LogP contribution in [0.25, 0.3) is 0 Å². The molecule has 2 rings (SSSR count). The lowest BCUT2D eigenvalue weighted by Gasteiger charge is -2.28. The summed E-state index contributed by atoms with van der Waals surface area (Å²) in [5.41, 5.74) is -0.0779. The van der Waals surface area contributed by atoms with E-state index in [0.29, 0.717) is 19.3 Å². The van der Waals surface area contributed by atoms with Gasteiger partial charge in [0.2, 0.25) is 0 Å². The Labute approximate surface area is 103 Å². The molecule has 1 aliphatic carbocycles. The number of carbonyl (C=O) groups excluding carboxylic acids is 1. The number of rotatable bonds is 2. The maximum Gasteiger partial charge on any atom is 0.164 e. The van der Waals surface area contributed by atoms with Crippen molar-refractivity contribution in [2.45, 2.75) is 50.5 Å². The van der Waals surface area contributed by atoms with Gasteiger partial charge in [0, 0.05) is 12.8 Å². The number of hydrogen-bond acceptors (Lipinski definition) is 2. The molecule has 1 fully saturated rings. The third-order valence-electron chi connectivity index (χ3n) is 3.60. The molecule has 0 radical (unpaired) electrons. The molecule has 0 bridgehead atoms. The molecule has 1 saturated carbocycles. The molecule has 92 valence electrons. The fourth-order valence-electron chi connectivity index (χ4n) is 2.55. The zero-order chi connectivity index (χ0) is 12.1. The highest BCUT2D eigenvalue weighted by atomic mass is 16.3. The van der Waals surface area contributed by atoms with Crippen molar-refractivity contribution in [1.29, 1.82) is 0 Å². The minimum atomic E-state index is -1.12. The van der Waals surface area contributed by atoms with Crippen LogP contribution in [0.5, 0.6) is 0 Å². The van der Waals surface area contributed by atoms with Crippen LogP contribution in [0.1, 0.15) is 44.1 Å². The molecule has 2 heteroatoms. The molecular formula is C15H20O2. The van der Waals surface area contributed by atoms with Gasteiger partial charge in [-0.2, -0.15) is 0 Å². The summed E-state index contributed by atoms with van der Waals surface area (Å²) < 4.78 is 0. The van der Waals surface area contributed by atoms with Crippen molar-refractivity contribution < 1.29 is 9.90 Å². The van der Waals surface area contributed by atoms with E-state index >= 15 is 0 Å². The Morgan fingerprint density at radius 2 is 1.76 bits per heavy atom. The molecule has 2 nitrogen and oxygen atoms in total. The van der Waals surface area contributed by atoms with Gasteiger partial charge in [0.05, 0.1) is 0 Å². The Kier molecular flexibility index (Phi) is 3.95. The van der Waals surface area contributed by atoms with Gasteiger partial charge in [-0.05, 0) is 18.4 Å². The van der Waals surface area contributed by atoms with Crippen LogP contribution in [-0.4, -0.2) is 16.5 Å². The van der Waals surface area contributed by atoms with Gasteiger partial charge in [-0.3, -0.25) is 4.79 Å². The lowest BCUT2D eigenvalue weighted by molar-refractivity contribution is -0.138. The van der Waals surface area contributed by atoms with E-state index in [9.17, 15) is 9.90 Å². The van der Waals surface area contributed by atoms with Crippen LogP contribution in [-0.2, 0) is 11.2 Å². The highest BCUT2D eigenvalue weighted by Gasteiger charge is 2.35. The van der Waals surface area contributed by atoms with Crippen molar-refractivity contribution in [1.82, 2.24) is 0 Å². The summed E-state index contributed by atoms with van der Waals surface area (Å²) in [4.78, 5) is 12.0. The second-order valence-corrected chi connectivity index (χ2v) is 5.03. The number of benzene rings is 1. The summed E-state index contributed by atoms with van der Waals surface area (Å²) >= 11 is 0. The molecule has 0 heterocycles. The smallest absolute Gasteiger partial charge is 0.164 e. The molecule has 1 aromatic rings. The highest BCUT2D eigenvalue weighted by Crippen LogP contribution is 2.26. The molecule has 1 aliphatic rings. The SMILES string of the molecule is O=C1CCCCCCC1(O)Cc1ccccc1. The molecule has 1 N–H and O–H groups in total. The maximum atomic E-state index is 12.0. The second kappa shape index (κ2) is 5.46. The summed E-state index contributed by atoms with van der Waals surface area (Å²) in [5.74, 6) is 0.0288. The average molecular weight is 232 g/mol. The van der Waals surface area contributed by atoms with E-state index in [1.165, 1.54) is 0 Å². The molecule has 1 atom stereocenters. The Morgan fingerprint density at radius 3 is 2.53 bits per heavy atom.